The normalized spacial score (nSPS) is 19.1. The van der Waals surface area contributed by atoms with E-state index in [-0.39, 0.29) is 5.41 Å². The zero-order valence-electron chi connectivity index (χ0n) is 7.29. The van der Waals surface area contributed by atoms with Gasteiger partial charge in [-0.1, -0.05) is 18.2 Å². The summed E-state index contributed by atoms with van der Waals surface area (Å²) in [6, 6.07) is 7.54. The highest BCUT2D eigenvalue weighted by Crippen LogP contribution is 2.30. The summed E-state index contributed by atoms with van der Waals surface area (Å²) < 4.78 is 0. The Kier molecular flexibility index (Phi) is 1.81. The number of hydrogen-bond donors (Lipinski definition) is 2. The number of carbonyl (C=O) groups is 1. The first-order valence-electron chi connectivity index (χ1n) is 4.30. The van der Waals surface area contributed by atoms with Crippen molar-refractivity contribution in [2.24, 2.45) is 0 Å². The van der Waals surface area contributed by atoms with E-state index in [1.54, 1.807) is 0 Å². The molecule has 0 bridgehead atoms. The van der Waals surface area contributed by atoms with Crippen LogP contribution in [0.3, 0.4) is 0 Å². The third-order valence-corrected chi connectivity index (χ3v) is 2.60. The number of nitrogen functional groups attached to an aromatic ring is 1. The van der Waals surface area contributed by atoms with Gasteiger partial charge in [0.1, 0.15) is 6.29 Å². The summed E-state index contributed by atoms with van der Waals surface area (Å²) in [5.74, 6) is 0. The zero-order valence-corrected chi connectivity index (χ0v) is 7.29. The molecule has 1 aromatic rings. The minimum absolute atomic E-state index is 0.370. The van der Waals surface area contributed by atoms with E-state index in [9.17, 15) is 4.79 Å². The molecule has 2 rings (SSSR count). The second-order valence-electron chi connectivity index (χ2n) is 3.46. The minimum atomic E-state index is -0.370. The first-order valence-corrected chi connectivity index (χ1v) is 4.30. The fourth-order valence-electron chi connectivity index (χ4n) is 1.68. The van der Waals surface area contributed by atoms with Crippen molar-refractivity contribution in [1.82, 2.24) is 5.32 Å². The lowest BCUT2D eigenvalue weighted by Gasteiger charge is -2.38. The van der Waals surface area contributed by atoms with E-state index in [2.05, 4.69) is 5.32 Å². The summed E-state index contributed by atoms with van der Waals surface area (Å²) in [5.41, 5.74) is 7.09. The number of nitrogens with one attached hydrogen (secondary N) is 1. The molecule has 1 aliphatic rings. The number of benzene rings is 1. The average Bonchev–Trinajstić information content (AvgIpc) is 2.07. The van der Waals surface area contributed by atoms with Gasteiger partial charge in [0.2, 0.25) is 0 Å². The molecule has 0 amide bonds. The van der Waals surface area contributed by atoms with Crippen LogP contribution >= 0.6 is 0 Å². The van der Waals surface area contributed by atoms with Gasteiger partial charge in [-0.3, -0.25) is 0 Å². The standard InChI is InChI=1S/C10H12N2O/c11-9-4-2-1-3-8(9)10(7-13)5-12-6-10/h1-4,7,12H,5-6,11H2. The van der Waals surface area contributed by atoms with Gasteiger partial charge in [-0.15, -0.1) is 0 Å². The molecule has 1 saturated heterocycles. The topological polar surface area (TPSA) is 55.1 Å². The second kappa shape index (κ2) is 2.85. The first-order chi connectivity index (χ1) is 6.28. The Balaban J connectivity index is 2.44. The predicted molar refractivity (Wildman–Crippen MR) is 51.5 cm³/mol. The molecule has 0 aliphatic carbocycles. The molecule has 68 valence electrons. The molecule has 0 spiro atoms. The van der Waals surface area contributed by atoms with Crippen molar-refractivity contribution >= 4 is 12.0 Å². The van der Waals surface area contributed by atoms with Crippen molar-refractivity contribution in [3.8, 4) is 0 Å². The largest absolute Gasteiger partial charge is 0.398 e. The van der Waals surface area contributed by atoms with Crippen molar-refractivity contribution < 1.29 is 4.79 Å². The number of nitrogens with two attached hydrogens (primary N) is 1. The third kappa shape index (κ3) is 1.12. The third-order valence-electron chi connectivity index (χ3n) is 2.60. The van der Waals surface area contributed by atoms with Crippen molar-refractivity contribution in [3.05, 3.63) is 29.8 Å². The van der Waals surface area contributed by atoms with E-state index >= 15 is 0 Å². The van der Waals surface area contributed by atoms with Crippen molar-refractivity contribution in [2.45, 2.75) is 5.41 Å². The van der Waals surface area contributed by atoms with Crippen molar-refractivity contribution in [3.63, 3.8) is 0 Å². The summed E-state index contributed by atoms with van der Waals surface area (Å²) in [7, 11) is 0. The summed E-state index contributed by atoms with van der Waals surface area (Å²) in [4.78, 5) is 11.0. The Bertz CT molecular complexity index is 331. The predicted octanol–water partition coefficient (Wildman–Crippen LogP) is 0.309. The van der Waals surface area contributed by atoms with Crippen LogP contribution in [0, 0.1) is 0 Å². The highest BCUT2D eigenvalue weighted by atomic mass is 16.1. The molecule has 3 N–H and O–H groups in total. The van der Waals surface area contributed by atoms with E-state index in [1.165, 1.54) is 0 Å². The fraction of sp³-hybridized carbons (Fsp3) is 0.300. The molecule has 0 unspecified atom stereocenters. The van der Waals surface area contributed by atoms with Crippen LogP contribution in [-0.2, 0) is 10.2 Å². The van der Waals surface area contributed by atoms with E-state index in [0.29, 0.717) is 18.8 Å². The molecular weight excluding hydrogens is 164 g/mol. The number of para-hydroxylation sites is 1. The number of rotatable bonds is 2. The van der Waals surface area contributed by atoms with Gasteiger partial charge in [-0.25, -0.2) is 0 Å². The van der Waals surface area contributed by atoms with Gasteiger partial charge in [0.25, 0.3) is 0 Å². The van der Waals surface area contributed by atoms with Crippen LogP contribution in [-0.4, -0.2) is 19.4 Å². The minimum Gasteiger partial charge on any atom is -0.398 e. The van der Waals surface area contributed by atoms with Gasteiger partial charge < -0.3 is 15.8 Å². The lowest BCUT2D eigenvalue weighted by Crippen LogP contribution is -2.58. The smallest absolute Gasteiger partial charge is 0.133 e. The van der Waals surface area contributed by atoms with Gasteiger partial charge in [0, 0.05) is 18.8 Å². The molecule has 1 aromatic carbocycles. The van der Waals surface area contributed by atoms with E-state index < -0.39 is 0 Å². The van der Waals surface area contributed by atoms with Crippen LogP contribution < -0.4 is 11.1 Å². The van der Waals surface area contributed by atoms with E-state index in [1.807, 2.05) is 24.3 Å². The molecule has 1 aliphatic heterocycles. The Morgan fingerprint density at radius 2 is 2.08 bits per heavy atom. The van der Waals surface area contributed by atoms with Gasteiger partial charge in [-0.05, 0) is 11.6 Å². The van der Waals surface area contributed by atoms with Crippen LogP contribution in [0.25, 0.3) is 0 Å². The average molecular weight is 176 g/mol. The molecule has 3 heteroatoms. The SMILES string of the molecule is Nc1ccccc1C1(C=O)CNC1. The van der Waals surface area contributed by atoms with Crippen LogP contribution in [0.5, 0.6) is 0 Å². The molecule has 1 fully saturated rings. The summed E-state index contributed by atoms with van der Waals surface area (Å²) in [6.07, 6.45) is 0.995. The van der Waals surface area contributed by atoms with Gasteiger partial charge in [0.15, 0.2) is 0 Å². The highest BCUT2D eigenvalue weighted by molar-refractivity contribution is 5.75. The maximum atomic E-state index is 11.0. The monoisotopic (exact) mass is 176 g/mol. The van der Waals surface area contributed by atoms with Crippen LogP contribution in [0.15, 0.2) is 24.3 Å². The van der Waals surface area contributed by atoms with Crippen LogP contribution in [0.1, 0.15) is 5.56 Å². The number of hydrogen-bond acceptors (Lipinski definition) is 3. The Morgan fingerprint density at radius 1 is 1.38 bits per heavy atom. The van der Waals surface area contributed by atoms with Crippen LogP contribution in [0.4, 0.5) is 5.69 Å². The maximum Gasteiger partial charge on any atom is 0.133 e. The lowest BCUT2D eigenvalue weighted by atomic mass is 9.76. The summed E-state index contributed by atoms with van der Waals surface area (Å²) >= 11 is 0. The van der Waals surface area contributed by atoms with Crippen LogP contribution in [0.2, 0.25) is 0 Å². The molecule has 0 atom stereocenters. The Hall–Kier alpha value is -1.35. The van der Waals surface area contributed by atoms with E-state index in [4.69, 9.17) is 5.73 Å². The van der Waals surface area contributed by atoms with Crippen molar-refractivity contribution in [1.29, 1.82) is 0 Å². The van der Waals surface area contributed by atoms with Crippen molar-refractivity contribution in [2.75, 3.05) is 18.8 Å². The molecule has 13 heavy (non-hydrogen) atoms. The molecule has 3 nitrogen and oxygen atoms in total. The van der Waals surface area contributed by atoms with Gasteiger partial charge >= 0.3 is 0 Å². The fourth-order valence-corrected chi connectivity index (χ4v) is 1.68. The number of carbonyl (C=O) groups excluding carboxylic acids is 1. The lowest BCUT2D eigenvalue weighted by molar-refractivity contribution is -0.114. The summed E-state index contributed by atoms with van der Waals surface area (Å²) in [6.45, 7) is 1.40. The number of aldehydes is 1. The number of anilines is 1. The quantitative estimate of drug-likeness (QED) is 0.503. The molecule has 0 aromatic heterocycles. The molecule has 1 heterocycles. The molecular formula is C10H12N2O. The zero-order chi connectivity index (χ0) is 9.31. The maximum absolute atomic E-state index is 11.0. The van der Waals surface area contributed by atoms with E-state index in [0.717, 1.165) is 11.8 Å². The highest BCUT2D eigenvalue weighted by Gasteiger charge is 2.39. The second-order valence-corrected chi connectivity index (χ2v) is 3.46. The first kappa shape index (κ1) is 8.26. The van der Waals surface area contributed by atoms with Gasteiger partial charge in [0.05, 0.1) is 5.41 Å². The Labute approximate surface area is 76.9 Å². The summed E-state index contributed by atoms with van der Waals surface area (Å²) in [5, 5.41) is 3.09. The Morgan fingerprint density at radius 3 is 2.54 bits per heavy atom. The molecule has 0 saturated carbocycles. The molecule has 0 radical (unpaired) electrons. The van der Waals surface area contributed by atoms with Gasteiger partial charge in [-0.2, -0.15) is 0 Å².